The third-order valence-corrected chi connectivity index (χ3v) is 4.21. The minimum Gasteiger partial charge on any atom is -0.351 e. The molecule has 1 fully saturated rings. The summed E-state index contributed by atoms with van der Waals surface area (Å²) in [5, 5.41) is 2.45. The molecule has 1 aromatic carbocycles. The van der Waals surface area contributed by atoms with E-state index in [0.717, 1.165) is 25.0 Å². The number of nitrogens with one attached hydrogen (secondary N) is 1. The maximum atomic E-state index is 13.7. The van der Waals surface area contributed by atoms with Gasteiger partial charge in [-0.3, -0.25) is 4.79 Å². The fourth-order valence-electron chi connectivity index (χ4n) is 1.84. The Bertz CT molecular complexity index is 514. The molecule has 1 amide bonds. The molecule has 0 spiro atoms. The summed E-state index contributed by atoms with van der Waals surface area (Å²) < 4.78 is 51.3. The van der Waals surface area contributed by atoms with Gasteiger partial charge in [0, 0.05) is 11.4 Å². The SMILES string of the molecule is O=C(NCC(Br)C1CC1)c1cccc(C(F)(F)F)c1F. The average molecular weight is 354 g/mol. The first-order valence-electron chi connectivity index (χ1n) is 6.08. The summed E-state index contributed by atoms with van der Waals surface area (Å²) in [4.78, 5) is 11.8. The van der Waals surface area contributed by atoms with Gasteiger partial charge in [0.2, 0.25) is 0 Å². The largest absolute Gasteiger partial charge is 0.419 e. The fourth-order valence-corrected chi connectivity index (χ4v) is 2.53. The minimum atomic E-state index is -4.81. The zero-order chi connectivity index (χ0) is 14.9. The molecule has 1 aliphatic rings. The highest BCUT2D eigenvalue weighted by molar-refractivity contribution is 9.09. The summed E-state index contributed by atoms with van der Waals surface area (Å²) in [6, 6.07) is 2.68. The summed E-state index contributed by atoms with van der Waals surface area (Å²) in [5.74, 6) is -1.89. The second-order valence-electron chi connectivity index (χ2n) is 4.73. The predicted molar refractivity (Wildman–Crippen MR) is 69.2 cm³/mol. The first-order chi connectivity index (χ1) is 9.30. The van der Waals surface area contributed by atoms with Crippen LogP contribution in [0.5, 0.6) is 0 Å². The van der Waals surface area contributed by atoms with E-state index in [4.69, 9.17) is 0 Å². The van der Waals surface area contributed by atoms with Crippen molar-refractivity contribution in [1.82, 2.24) is 5.32 Å². The van der Waals surface area contributed by atoms with Crippen molar-refractivity contribution < 1.29 is 22.4 Å². The maximum absolute atomic E-state index is 13.7. The van der Waals surface area contributed by atoms with E-state index in [-0.39, 0.29) is 11.4 Å². The molecule has 0 aromatic heterocycles. The van der Waals surface area contributed by atoms with E-state index < -0.39 is 29.0 Å². The monoisotopic (exact) mass is 353 g/mol. The molecule has 0 aliphatic heterocycles. The molecule has 7 heteroatoms. The number of hydrogen-bond acceptors (Lipinski definition) is 1. The van der Waals surface area contributed by atoms with Gasteiger partial charge in [-0.15, -0.1) is 0 Å². The molecule has 2 nitrogen and oxygen atoms in total. The predicted octanol–water partition coefficient (Wildman–Crippen LogP) is 3.75. The third-order valence-electron chi connectivity index (χ3n) is 3.14. The number of carbonyl (C=O) groups excluding carboxylic acids is 1. The van der Waals surface area contributed by atoms with Gasteiger partial charge < -0.3 is 5.32 Å². The Balaban J connectivity index is 2.09. The molecule has 20 heavy (non-hydrogen) atoms. The van der Waals surface area contributed by atoms with Crippen LogP contribution in [0.4, 0.5) is 17.6 Å². The highest BCUT2D eigenvalue weighted by Crippen LogP contribution is 2.36. The van der Waals surface area contributed by atoms with Crippen LogP contribution in [0.25, 0.3) is 0 Å². The topological polar surface area (TPSA) is 29.1 Å². The molecule has 0 bridgehead atoms. The normalized spacial score (nSPS) is 16.9. The van der Waals surface area contributed by atoms with Crippen LogP contribution in [-0.2, 0) is 6.18 Å². The van der Waals surface area contributed by atoms with Crippen molar-refractivity contribution in [3.8, 4) is 0 Å². The van der Waals surface area contributed by atoms with Crippen LogP contribution in [0.15, 0.2) is 18.2 Å². The Morgan fingerprint density at radius 2 is 2.05 bits per heavy atom. The zero-order valence-corrected chi connectivity index (χ0v) is 11.9. The van der Waals surface area contributed by atoms with Gasteiger partial charge in [0.05, 0.1) is 11.1 Å². The van der Waals surface area contributed by atoms with Gasteiger partial charge in [-0.05, 0) is 30.9 Å². The van der Waals surface area contributed by atoms with E-state index in [9.17, 15) is 22.4 Å². The van der Waals surface area contributed by atoms with Crippen LogP contribution in [0.3, 0.4) is 0 Å². The second-order valence-corrected chi connectivity index (χ2v) is 5.90. The number of alkyl halides is 4. The first kappa shape index (κ1) is 15.3. The van der Waals surface area contributed by atoms with Crippen LogP contribution in [0.1, 0.15) is 28.8 Å². The van der Waals surface area contributed by atoms with E-state index in [0.29, 0.717) is 12.0 Å². The molecule has 0 heterocycles. The molecule has 1 saturated carbocycles. The van der Waals surface area contributed by atoms with Gasteiger partial charge in [0.15, 0.2) is 0 Å². The van der Waals surface area contributed by atoms with Gasteiger partial charge in [-0.1, -0.05) is 22.0 Å². The maximum Gasteiger partial charge on any atom is 0.419 e. The van der Waals surface area contributed by atoms with Crippen LogP contribution in [0.2, 0.25) is 0 Å². The Labute approximate surface area is 121 Å². The van der Waals surface area contributed by atoms with Gasteiger partial charge in [-0.25, -0.2) is 4.39 Å². The number of amides is 1. The Hall–Kier alpha value is -1.11. The van der Waals surface area contributed by atoms with Crippen molar-refractivity contribution in [2.75, 3.05) is 6.54 Å². The van der Waals surface area contributed by atoms with Crippen molar-refractivity contribution in [3.63, 3.8) is 0 Å². The standard InChI is InChI=1S/C13H12BrF4NO/c14-10(7-4-5-7)6-19-12(20)8-2-1-3-9(11(8)15)13(16,17)18/h1-3,7,10H,4-6H2,(H,19,20). The molecular weight excluding hydrogens is 342 g/mol. The summed E-state index contributed by atoms with van der Waals surface area (Å²) in [5.41, 5.74) is -2.02. The highest BCUT2D eigenvalue weighted by atomic mass is 79.9. The number of rotatable bonds is 4. The van der Waals surface area contributed by atoms with Crippen molar-refractivity contribution in [2.24, 2.45) is 5.92 Å². The van der Waals surface area contributed by atoms with Crippen molar-refractivity contribution in [3.05, 3.63) is 35.1 Å². The Kier molecular flexibility index (Phi) is 4.36. The summed E-state index contributed by atoms with van der Waals surface area (Å²) >= 11 is 3.38. The van der Waals surface area contributed by atoms with Crippen LogP contribution >= 0.6 is 15.9 Å². The molecule has 1 aliphatic carbocycles. The second kappa shape index (κ2) is 5.71. The molecule has 1 aromatic rings. The Morgan fingerprint density at radius 1 is 1.40 bits per heavy atom. The zero-order valence-electron chi connectivity index (χ0n) is 10.3. The lowest BCUT2D eigenvalue weighted by atomic mass is 10.1. The van der Waals surface area contributed by atoms with Crippen LogP contribution in [-0.4, -0.2) is 17.3 Å². The van der Waals surface area contributed by atoms with Gasteiger partial charge in [0.1, 0.15) is 5.82 Å². The molecule has 110 valence electrons. The molecule has 1 N–H and O–H groups in total. The van der Waals surface area contributed by atoms with Crippen molar-refractivity contribution in [2.45, 2.75) is 23.8 Å². The smallest absolute Gasteiger partial charge is 0.351 e. The summed E-state index contributed by atoms with van der Waals surface area (Å²) in [6.45, 7) is 0.263. The highest BCUT2D eigenvalue weighted by Gasteiger charge is 2.36. The van der Waals surface area contributed by atoms with Crippen molar-refractivity contribution >= 4 is 21.8 Å². The molecule has 1 atom stereocenters. The van der Waals surface area contributed by atoms with Crippen molar-refractivity contribution in [1.29, 1.82) is 0 Å². The number of halogens is 5. The quantitative estimate of drug-likeness (QED) is 0.648. The minimum absolute atomic E-state index is 0.0697. The average Bonchev–Trinajstić information content (AvgIpc) is 3.18. The molecule has 2 rings (SSSR count). The number of carbonyl (C=O) groups is 1. The van der Waals surface area contributed by atoms with E-state index in [1.54, 1.807) is 0 Å². The lowest BCUT2D eigenvalue weighted by Crippen LogP contribution is -2.31. The molecule has 1 unspecified atom stereocenters. The van der Waals surface area contributed by atoms with E-state index in [1.165, 1.54) is 0 Å². The fraction of sp³-hybridized carbons (Fsp3) is 0.462. The van der Waals surface area contributed by atoms with Gasteiger partial charge in [-0.2, -0.15) is 13.2 Å². The molecular formula is C13H12BrF4NO. The van der Waals surface area contributed by atoms with Gasteiger partial charge in [0.25, 0.3) is 5.91 Å². The van der Waals surface area contributed by atoms with E-state index in [2.05, 4.69) is 21.2 Å². The third kappa shape index (κ3) is 3.50. The molecule has 0 saturated heterocycles. The Morgan fingerprint density at radius 3 is 2.60 bits per heavy atom. The number of benzene rings is 1. The lowest BCUT2D eigenvalue weighted by molar-refractivity contribution is -0.140. The lowest BCUT2D eigenvalue weighted by Gasteiger charge is -2.13. The first-order valence-corrected chi connectivity index (χ1v) is 7.00. The van der Waals surface area contributed by atoms with Gasteiger partial charge >= 0.3 is 6.18 Å². The summed E-state index contributed by atoms with van der Waals surface area (Å²) in [6.07, 6.45) is -2.69. The number of hydrogen-bond donors (Lipinski definition) is 1. The van der Waals surface area contributed by atoms with E-state index in [1.807, 2.05) is 0 Å². The van der Waals surface area contributed by atoms with E-state index >= 15 is 0 Å². The molecule has 0 radical (unpaired) electrons. The summed E-state index contributed by atoms with van der Waals surface area (Å²) in [7, 11) is 0. The van der Waals surface area contributed by atoms with Crippen LogP contribution in [0, 0.1) is 11.7 Å². The van der Waals surface area contributed by atoms with Crippen LogP contribution < -0.4 is 5.32 Å².